The number of aliphatic hydroxyl groups is 2. The second kappa shape index (κ2) is 24.9. The van der Waals surface area contributed by atoms with Gasteiger partial charge in [-0.2, -0.15) is 0 Å². The van der Waals surface area contributed by atoms with Crippen molar-refractivity contribution in [3.63, 3.8) is 0 Å². The zero-order chi connectivity index (χ0) is 38.5. The van der Waals surface area contributed by atoms with E-state index in [1.54, 1.807) is 19.1 Å². The van der Waals surface area contributed by atoms with Crippen LogP contribution in [0, 0.1) is 17.3 Å². The molecule has 2 aliphatic carbocycles. The monoisotopic (exact) mass is 758 g/mol. The smallest absolute Gasteiger partial charge is 0.336 e. The second-order valence-electron chi connectivity index (χ2n) is 15.8. The number of aliphatic hydroxyl groups excluding tert-OH is 2. The molecule has 2 aliphatic rings. The lowest BCUT2D eigenvalue weighted by Crippen LogP contribution is -2.40. The average Bonchev–Trinajstić information content (AvgIpc) is 3.38. The molecule has 1 aromatic carbocycles. The largest absolute Gasteiger partial charge is 0.494 e. The third-order valence-electron chi connectivity index (χ3n) is 11.9. The van der Waals surface area contributed by atoms with Crippen molar-refractivity contribution in [1.29, 1.82) is 0 Å². The highest BCUT2D eigenvalue weighted by molar-refractivity contribution is 6.21. The minimum Gasteiger partial charge on any atom is -0.494 e. The van der Waals surface area contributed by atoms with Crippen LogP contribution >= 0.6 is 11.6 Å². The summed E-state index contributed by atoms with van der Waals surface area (Å²) >= 11 is 6.65. The Kier molecular flexibility index (Phi) is 21.2. The fourth-order valence-corrected chi connectivity index (χ4v) is 8.64. The molecule has 2 fully saturated rings. The number of carbonyl (C=O) groups excluding carboxylic acids is 1. The van der Waals surface area contributed by atoms with Crippen molar-refractivity contribution in [2.75, 3.05) is 6.61 Å². The van der Waals surface area contributed by atoms with E-state index in [4.69, 9.17) is 21.1 Å². The molecule has 53 heavy (non-hydrogen) atoms. The van der Waals surface area contributed by atoms with Crippen molar-refractivity contribution in [2.45, 2.75) is 186 Å². The van der Waals surface area contributed by atoms with Gasteiger partial charge in [0, 0.05) is 23.3 Å². The minimum absolute atomic E-state index is 0.0428. The number of halogens is 1. The van der Waals surface area contributed by atoms with Crippen LogP contribution in [0.4, 0.5) is 0 Å². The highest BCUT2D eigenvalue weighted by Gasteiger charge is 2.42. The first kappa shape index (κ1) is 45.0. The van der Waals surface area contributed by atoms with Gasteiger partial charge in [-0.1, -0.05) is 115 Å². The summed E-state index contributed by atoms with van der Waals surface area (Å²) in [5.74, 6) is -0.784. The number of alkyl halides is 1. The van der Waals surface area contributed by atoms with Gasteiger partial charge in [0.2, 0.25) is 0 Å². The zero-order valence-corrected chi connectivity index (χ0v) is 33.9. The summed E-state index contributed by atoms with van der Waals surface area (Å²) < 4.78 is 11.6. The lowest BCUT2D eigenvalue weighted by atomic mass is 9.63. The van der Waals surface area contributed by atoms with Crippen LogP contribution in [0.2, 0.25) is 0 Å². The van der Waals surface area contributed by atoms with Crippen molar-refractivity contribution in [2.24, 2.45) is 17.3 Å². The van der Waals surface area contributed by atoms with Crippen LogP contribution in [0.25, 0.3) is 0 Å². The van der Waals surface area contributed by atoms with E-state index in [1.165, 1.54) is 76.7 Å². The Labute approximate surface area is 326 Å². The number of carboxylic acids is 1. The van der Waals surface area contributed by atoms with Gasteiger partial charge in [-0.15, -0.1) is 11.6 Å². The fourth-order valence-electron chi connectivity index (χ4n) is 8.18. The van der Waals surface area contributed by atoms with Gasteiger partial charge in [0.15, 0.2) is 0 Å². The van der Waals surface area contributed by atoms with Gasteiger partial charge in [-0.25, -0.2) is 4.79 Å². The number of unbranched alkanes of at least 4 members (excludes halogenated alkanes) is 12. The molecule has 1 aromatic rings. The quantitative estimate of drug-likeness (QED) is 0.0337. The van der Waals surface area contributed by atoms with Gasteiger partial charge in [0.25, 0.3) is 0 Å². The van der Waals surface area contributed by atoms with Crippen LogP contribution in [0.5, 0.6) is 5.75 Å². The first-order valence-corrected chi connectivity index (χ1v) is 21.6. The summed E-state index contributed by atoms with van der Waals surface area (Å²) in [6.45, 7) is 6.68. The minimum atomic E-state index is -1.07. The number of aromatic carboxylic acids is 1. The molecule has 3 rings (SSSR count). The Balaban J connectivity index is 1.34. The third-order valence-corrected chi connectivity index (χ3v) is 12.4. The van der Waals surface area contributed by atoms with Crippen molar-refractivity contribution in [3.8, 4) is 5.75 Å². The molecule has 0 amide bonds. The molecule has 0 spiro atoms. The predicted molar refractivity (Wildman–Crippen MR) is 216 cm³/mol. The first-order chi connectivity index (χ1) is 25.6. The number of esters is 1. The zero-order valence-electron chi connectivity index (χ0n) is 33.1. The fraction of sp³-hybridized carbons (Fsp3) is 0.733. The van der Waals surface area contributed by atoms with Crippen LogP contribution in [-0.4, -0.2) is 51.5 Å². The lowest BCUT2D eigenvalue weighted by Gasteiger charge is -2.45. The normalized spacial score (nSPS) is 22.2. The maximum atomic E-state index is 12.7. The Bertz CT molecular complexity index is 1250. The van der Waals surface area contributed by atoms with E-state index in [9.17, 15) is 24.9 Å². The third kappa shape index (κ3) is 15.4. The molecule has 1 unspecified atom stereocenters. The molecule has 0 radical (unpaired) electrons. The number of ether oxygens (including phenoxy) is 2. The van der Waals surface area contributed by atoms with E-state index in [1.807, 2.05) is 6.08 Å². The Morgan fingerprint density at radius 1 is 0.943 bits per heavy atom. The molecule has 6 atom stereocenters. The standard InChI is InChI=1S/C45H71ClO7/c1-4-6-7-8-9-10-11-12-13-14-17-20-31-52-35-27-28-38(44(50)51)39(32-35)34(3)53-43(49)26-19-16-15-18-23-36-37(41(47)33-40(36)46)24-21-25-42(48)45(5-2)29-22-30-45/h15,18,21,24,27-28,32,34,36-37,40-42,47-48H,4-14,16-17,19-20,22-23,25-26,29-31,33H2,1-3H3,(H,50,51)/b18-15-,24-21+/t34?,36-,37-,40-,41-,42+/m1/s1. The molecule has 0 saturated heterocycles. The highest BCUT2D eigenvalue weighted by Crippen LogP contribution is 2.48. The molecule has 3 N–H and O–H groups in total. The van der Waals surface area contributed by atoms with E-state index in [0.29, 0.717) is 43.6 Å². The summed E-state index contributed by atoms with van der Waals surface area (Å²) in [5, 5.41) is 31.1. The van der Waals surface area contributed by atoms with E-state index in [2.05, 4.69) is 32.1 Å². The molecule has 0 aromatic heterocycles. The molecular weight excluding hydrogens is 688 g/mol. The van der Waals surface area contributed by atoms with Crippen LogP contribution < -0.4 is 4.74 Å². The van der Waals surface area contributed by atoms with Gasteiger partial charge in [0.1, 0.15) is 11.9 Å². The predicted octanol–water partition coefficient (Wildman–Crippen LogP) is 11.7. The SMILES string of the molecule is CCCCCCCCCCCCCCOc1ccc(C(=O)O)c(C(C)OC(=O)CCC/C=C\C[C@@H]2[C@@H](/C=C/C[C@H](O)C3(CC)CCC3)[C@H](O)C[C@H]2Cl)c1. The maximum absolute atomic E-state index is 12.7. The Hall–Kier alpha value is -2.35. The average molecular weight is 760 g/mol. The molecule has 0 bridgehead atoms. The van der Waals surface area contributed by atoms with E-state index in [0.717, 1.165) is 38.5 Å². The Morgan fingerprint density at radius 2 is 1.60 bits per heavy atom. The molecular formula is C45H71ClO7. The van der Waals surface area contributed by atoms with Crippen molar-refractivity contribution in [3.05, 3.63) is 53.6 Å². The van der Waals surface area contributed by atoms with Crippen LogP contribution in [0.3, 0.4) is 0 Å². The summed E-state index contributed by atoms with van der Waals surface area (Å²) in [6.07, 6.45) is 29.7. The van der Waals surface area contributed by atoms with Crippen LogP contribution in [0.1, 0.15) is 184 Å². The summed E-state index contributed by atoms with van der Waals surface area (Å²) in [5.41, 5.74) is 0.596. The summed E-state index contributed by atoms with van der Waals surface area (Å²) in [6, 6.07) is 4.89. The highest BCUT2D eigenvalue weighted by atomic mass is 35.5. The molecule has 0 aliphatic heterocycles. The Morgan fingerprint density at radius 3 is 2.21 bits per heavy atom. The van der Waals surface area contributed by atoms with Crippen LogP contribution in [0.15, 0.2) is 42.5 Å². The first-order valence-electron chi connectivity index (χ1n) is 21.1. The van der Waals surface area contributed by atoms with Crippen molar-refractivity contribution in [1.82, 2.24) is 0 Å². The number of hydrogen-bond donors (Lipinski definition) is 3. The molecule has 8 heteroatoms. The molecule has 7 nitrogen and oxygen atoms in total. The van der Waals surface area contributed by atoms with Crippen molar-refractivity contribution >= 4 is 23.5 Å². The molecule has 2 saturated carbocycles. The number of hydrogen-bond acceptors (Lipinski definition) is 6. The summed E-state index contributed by atoms with van der Waals surface area (Å²) in [7, 11) is 0. The van der Waals surface area contributed by atoms with E-state index in [-0.39, 0.29) is 46.7 Å². The number of carboxylic acid groups (broad SMARTS) is 1. The topological polar surface area (TPSA) is 113 Å². The van der Waals surface area contributed by atoms with Crippen molar-refractivity contribution < 1.29 is 34.4 Å². The lowest BCUT2D eigenvalue weighted by molar-refractivity contribution is -0.148. The van der Waals surface area contributed by atoms with Crippen LogP contribution in [-0.2, 0) is 9.53 Å². The number of rotatable bonds is 28. The molecule has 0 heterocycles. The maximum Gasteiger partial charge on any atom is 0.336 e. The van der Waals surface area contributed by atoms with Gasteiger partial charge < -0.3 is 24.8 Å². The van der Waals surface area contributed by atoms with E-state index < -0.39 is 18.2 Å². The molecule has 300 valence electrons. The van der Waals surface area contributed by atoms with Gasteiger partial charge in [-0.3, -0.25) is 4.79 Å². The van der Waals surface area contributed by atoms with Gasteiger partial charge in [0.05, 0.1) is 24.4 Å². The van der Waals surface area contributed by atoms with Gasteiger partial charge in [-0.05, 0) is 94.2 Å². The number of carbonyl (C=O) groups is 2. The van der Waals surface area contributed by atoms with E-state index >= 15 is 0 Å². The number of benzene rings is 1. The summed E-state index contributed by atoms with van der Waals surface area (Å²) in [4.78, 5) is 24.7. The van der Waals surface area contributed by atoms with Gasteiger partial charge >= 0.3 is 11.9 Å². The number of allylic oxidation sites excluding steroid dienone is 2. The second-order valence-corrected chi connectivity index (χ2v) is 16.4.